The van der Waals surface area contributed by atoms with Gasteiger partial charge < -0.3 is 15.4 Å². The Balaban J connectivity index is 1.70. The van der Waals surface area contributed by atoms with E-state index < -0.39 is 0 Å². The third-order valence-corrected chi connectivity index (χ3v) is 3.58. The summed E-state index contributed by atoms with van der Waals surface area (Å²) in [6, 6.07) is 15.5. The molecule has 4 heteroatoms. The molecule has 0 aromatic heterocycles. The van der Waals surface area contributed by atoms with Gasteiger partial charge in [0, 0.05) is 29.9 Å². The van der Waals surface area contributed by atoms with E-state index in [1.165, 1.54) is 0 Å². The summed E-state index contributed by atoms with van der Waals surface area (Å²) in [7, 11) is 2.09. The Morgan fingerprint density at radius 3 is 2.71 bits per heavy atom. The minimum atomic E-state index is 0.677. The van der Waals surface area contributed by atoms with Crippen molar-refractivity contribution < 1.29 is 4.74 Å². The molecule has 0 bridgehead atoms. The Morgan fingerprint density at radius 1 is 1.14 bits per heavy atom. The lowest BCUT2D eigenvalue weighted by molar-refractivity contribution is 0.259. The highest BCUT2D eigenvalue weighted by Crippen LogP contribution is 2.17. The highest BCUT2D eigenvalue weighted by Gasteiger charge is 2.04. The number of benzene rings is 2. The summed E-state index contributed by atoms with van der Waals surface area (Å²) in [6.07, 6.45) is 0.954. The van der Waals surface area contributed by atoms with Crippen LogP contribution < -0.4 is 10.5 Å². The number of ether oxygens (including phenoxy) is 1. The maximum Gasteiger partial charge on any atom is 0.121 e. The zero-order chi connectivity index (χ0) is 15.1. The predicted octanol–water partition coefficient (Wildman–Crippen LogP) is 3.82. The van der Waals surface area contributed by atoms with Crippen LogP contribution in [0, 0.1) is 0 Å². The Hall–Kier alpha value is -1.71. The van der Waals surface area contributed by atoms with E-state index in [2.05, 4.69) is 18.0 Å². The van der Waals surface area contributed by atoms with Gasteiger partial charge in [-0.05, 0) is 37.2 Å². The normalized spacial score (nSPS) is 10.8. The predicted molar refractivity (Wildman–Crippen MR) is 88.8 cm³/mol. The van der Waals surface area contributed by atoms with Gasteiger partial charge in [0.2, 0.25) is 0 Å². The minimum absolute atomic E-state index is 0.677. The molecule has 0 aliphatic rings. The zero-order valence-electron chi connectivity index (χ0n) is 12.3. The summed E-state index contributed by atoms with van der Waals surface area (Å²) in [5.41, 5.74) is 7.59. The summed E-state index contributed by atoms with van der Waals surface area (Å²) in [5, 5.41) is 0.820. The lowest BCUT2D eigenvalue weighted by Crippen LogP contribution is -2.21. The molecule has 0 amide bonds. The first kappa shape index (κ1) is 15.7. The monoisotopic (exact) mass is 304 g/mol. The van der Waals surface area contributed by atoms with Crippen molar-refractivity contribution in [3.8, 4) is 5.75 Å². The minimum Gasteiger partial charge on any atom is -0.493 e. The largest absolute Gasteiger partial charge is 0.493 e. The van der Waals surface area contributed by atoms with Crippen molar-refractivity contribution in [1.82, 2.24) is 4.90 Å². The van der Waals surface area contributed by atoms with Crippen LogP contribution in [0.1, 0.15) is 12.0 Å². The number of nitrogens with two attached hydrogens (primary N) is 1. The first-order valence-electron chi connectivity index (χ1n) is 7.05. The van der Waals surface area contributed by atoms with E-state index >= 15 is 0 Å². The third-order valence-electron chi connectivity index (χ3n) is 3.21. The molecular formula is C17H21ClN2O. The topological polar surface area (TPSA) is 38.5 Å². The molecule has 2 N–H and O–H groups in total. The Bertz CT molecular complexity index is 574. The summed E-state index contributed by atoms with van der Waals surface area (Å²) in [4.78, 5) is 2.24. The summed E-state index contributed by atoms with van der Waals surface area (Å²) < 4.78 is 5.68. The molecule has 0 spiro atoms. The summed E-state index contributed by atoms with van der Waals surface area (Å²) in [6.45, 7) is 2.47. The molecule has 0 aliphatic heterocycles. The highest BCUT2D eigenvalue weighted by atomic mass is 35.5. The maximum absolute atomic E-state index is 6.16. The van der Waals surface area contributed by atoms with E-state index in [1.807, 2.05) is 42.5 Å². The number of nitrogen functional groups attached to an aromatic ring is 1. The van der Waals surface area contributed by atoms with Crippen molar-refractivity contribution in [1.29, 1.82) is 0 Å². The zero-order valence-corrected chi connectivity index (χ0v) is 13.0. The summed E-state index contributed by atoms with van der Waals surface area (Å²) >= 11 is 6.16. The van der Waals surface area contributed by atoms with Crippen molar-refractivity contribution >= 4 is 17.3 Å². The van der Waals surface area contributed by atoms with Crippen LogP contribution in [0.3, 0.4) is 0 Å². The standard InChI is InChI=1S/C17H21ClN2O/c1-20(13-14-6-2-3-9-17(14)18)10-5-11-21-16-8-4-7-15(19)12-16/h2-4,6-9,12H,5,10-11,13,19H2,1H3. The Labute approximate surface area is 131 Å². The number of halogens is 1. The van der Waals surface area contributed by atoms with Crippen LogP contribution in [0.25, 0.3) is 0 Å². The van der Waals surface area contributed by atoms with Gasteiger partial charge in [0.25, 0.3) is 0 Å². The molecule has 3 nitrogen and oxygen atoms in total. The Kier molecular flexibility index (Phi) is 5.90. The molecule has 0 fully saturated rings. The van der Waals surface area contributed by atoms with Gasteiger partial charge >= 0.3 is 0 Å². The fourth-order valence-corrected chi connectivity index (χ4v) is 2.32. The summed E-state index contributed by atoms with van der Waals surface area (Å²) in [5.74, 6) is 0.823. The van der Waals surface area contributed by atoms with Gasteiger partial charge in [-0.3, -0.25) is 0 Å². The van der Waals surface area contributed by atoms with Gasteiger partial charge in [0.15, 0.2) is 0 Å². The molecule has 112 valence electrons. The van der Waals surface area contributed by atoms with E-state index in [4.69, 9.17) is 22.1 Å². The average Bonchev–Trinajstić information content (AvgIpc) is 2.46. The van der Waals surface area contributed by atoms with E-state index in [-0.39, 0.29) is 0 Å². The van der Waals surface area contributed by atoms with Crippen LogP contribution in [-0.2, 0) is 6.54 Å². The van der Waals surface area contributed by atoms with Gasteiger partial charge in [0.05, 0.1) is 6.61 Å². The van der Waals surface area contributed by atoms with E-state index in [9.17, 15) is 0 Å². The van der Waals surface area contributed by atoms with Crippen molar-refractivity contribution in [3.63, 3.8) is 0 Å². The molecule has 0 heterocycles. The number of hydrogen-bond acceptors (Lipinski definition) is 3. The molecule has 0 saturated carbocycles. The second kappa shape index (κ2) is 7.91. The quantitative estimate of drug-likeness (QED) is 0.624. The number of hydrogen-bond donors (Lipinski definition) is 1. The van der Waals surface area contributed by atoms with Crippen molar-refractivity contribution in [2.75, 3.05) is 25.9 Å². The van der Waals surface area contributed by atoms with Crippen molar-refractivity contribution in [2.45, 2.75) is 13.0 Å². The van der Waals surface area contributed by atoms with Crippen LogP contribution in [0.5, 0.6) is 5.75 Å². The molecular weight excluding hydrogens is 284 g/mol. The highest BCUT2D eigenvalue weighted by molar-refractivity contribution is 6.31. The molecule has 2 aromatic carbocycles. The van der Waals surface area contributed by atoms with E-state index in [1.54, 1.807) is 0 Å². The molecule has 2 aromatic rings. The molecule has 0 unspecified atom stereocenters. The molecule has 0 saturated heterocycles. The van der Waals surface area contributed by atoms with Crippen LogP contribution in [0.2, 0.25) is 5.02 Å². The molecule has 21 heavy (non-hydrogen) atoms. The van der Waals surface area contributed by atoms with Crippen LogP contribution >= 0.6 is 11.6 Å². The maximum atomic E-state index is 6.16. The van der Waals surface area contributed by atoms with Gasteiger partial charge in [0.1, 0.15) is 5.75 Å². The van der Waals surface area contributed by atoms with Gasteiger partial charge in [-0.2, -0.15) is 0 Å². The lowest BCUT2D eigenvalue weighted by Gasteiger charge is -2.17. The van der Waals surface area contributed by atoms with Crippen LogP contribution in [0.4, 0.5) is 5.69 Å². The first-order chi connectivity index (χ1) is 10.1. The fraction of sp³-hybridized carbons (Fsp3) is 0.294. The van der Waals surface area contributed by atoms with Gasteiger partial charge in [-0.15, -0.1) is 0 Å². The Morgan fingerprint density at radius 2 is 1.95 bits per heavy atom. The smallest absolute Gasteiger partial charge is 0.121 e. The number of rotatable bonds is 7. The third kappa shape index (κ3) is 5.29. The first-order valence-corrected chi connectivity index (χ1v) is 7.43. The second-order valence-corrected chi connectivity index (χ2v) is 5.51. The van der Waals surface area contributed by atoms with E-state index in [0.29, 0.717) is 6.61 Å². The van der Waals surface area contributed by atoms with Crippen molar-refractivity contribution in [3.05, 3.63) is 59.1 Å². The van der Waals surface area contributed by atoms with Crippen molar-refractivity contribution in [2.24, 2.45) is 0 Å². The number of nitrogens with zero attached hydrogens (tertiary/aromatic N) is 1. The van der Waals surface area contributed by atoms with E-state index in [0.717, 1.165) is 41.5 Å². The molecule has 2 rings (SSSR count). The van der Waals surface area contributed by atoms with Crippen LogP contribution in [0.15, 0.2) is 48.5 Å². The fourth-order valence-electron chi connectivity index (χ4n) is 2.13. The molecule has 0 aliphatic carbocycles. The lowest BCUT2D eigenvalue weighted by atomic mass is 10.2. The van der Waals surface area contributed by atoms with Crippen LogP contribution in [-0.4, -0.2) is 25.1 Å². The second-order valence-electron chi connectivity index (χ2n) is 5.10. The van der Waals surface area contributed by atoms with Gasteiger partial charge in [-0.1, -0.05) is 35.9 Å². The molecule has 0 radical (unpaired) electrons. The van der Waals surface area contributed by atoms with Gasteiger partial charge in [-0.25, -0.2) is 0 Å². The number of anilines is 1. The SMILES string of the molecule is CN(CCCOc1cccc(N)c1)Cc1ccccc1Cl. The molecule has 0 atom stereocenters. The average molecular weight is 305 g/mol.